The molecule has 0 saturated carbocycles. The second-order valence-electron chi connectivity index (χ2n) is 5.17. The number of likely N-dealkylation sites (tertiary alicyclic amines) is 1. The maximum atomic E-state index is 11.9. The van der Waals surface area contributed by atoms with Crippen LogP contribution in [0.5, 0.6) is 0 Å². The predicted molar refractivity (Wildman–Crippen MR) is 68.3 cm³/mol. The van der Waals surface area contributed by atoms with E-state index in [0.717, 1.165) is 52.0 Å². The van der Waals surface area contributed by atoms with Gasteiger partial charge in [-0.3, -0.25) is 4.79 Å². The molecule has 0 aromatic heterocycles. The zero-order chi connectivity index (χ0) is 12.8. The molecule has 2 aliphatic heterocycles. The molecule has 1 amide bonds. The molecule has 5 heteroatoms. The first-order chi connectivity index (χ1) is 8.75. The first-order valence-electron chi connectivity index (χ1n) is 7.01. The van der Waals surface area contributed by atoms with Gasteiger partial charge in [-0.25, -0.2) is 0 Å². The third-order valence-electron chi connectivity index (χ3n) is 3.79. The molecule has 0 bridgehead atoms. The summed E-state index contributed by atoms with van der Waals surface area (Å²) in [5.74, 6) is 0.260. The molecule has 2 fully saturated rings. The van der Waals surface area contributed by atoms with Crippen LogP contribution in [0.3, 0.4) is 0 Å². The molecule has 0 spiro atoms. The number of hydrogen-bond acceptors (Lipinski definition) is 4. The van der Waals surface area contributed by atoms with Crippen LogP contribution < -0.4 is 0 Å². The standard InChI is InChI=1S/C13H24N2O3/c16-12-3-6-14(7-4-12)5-1-2-13(17)15-8-10-18-11-9-15/h12,16H,1-11H2. The normalized spacial score (nSPS) is 23.3. The van der Waals surface area contributed by atoms with Crippen molar-refractivity contribution in [2.45, 2.75) is 31.8 Å². The van der Waals surface area contributed by atoms with Gasteiger partial charge in [-0.1, -0.05) is 0 Å². The Kier molecular flexibility index (Phi) is 5.41. The summed E-state index contributed by atoms with van der Waals surface area (Å²) in [4.78, 5) is 16.2. The molecule has 0 aromatic carbocycles. The molecule has 18 heavy (non-hydrogen) atoms. The number of ether oxygens (including phenoxy) is 1. The molecule has 104 valence electrons. The molecule has 0 aromatic rings. The third-order valence-corrected chi connectivity index (χ3v) is 3.79. The highest BCUT2D eigenvalue weighted by atomic mass is 16.5. The van der Waals surface area contributed by atoms with Crippen LogP contribution in [0.15, 0.2) is 0 Å². The summed E-state index contributed by atoms with van der Waals surface area (Å²) >= 11 is 0. The smallest absolute Gasteiger partial charge is 0.222 e. The minimum absolute atomic E-state index is 0.115. The van der Waals surface area contributed by atoms with E-state index in [1.807, 2.05) is 4.90 Å². The van der Waals surface area contributed by atoms with Crippen LogP contribution >= 0.6 is 0 Å². The van der Waals surface area contributed by atoms with Gasteiger partial charge in [0.25, 0.3) is 0 Å². The molecule has 0 atom stereocenters. The fourth-order valence-corrected chi connectivity index (χ4v) is 2.57. The highest BCUT2D eigenvalue weighted by Gasteiger charge is 2.19. The number of amides is 1. The number of aliphatic hydroxyl groups excluding tert-OH is 1. The lowest BCUT2D eigenvalue weighted by atomic mass is 10.1. The van der Waals surface area contributed by atoms with Crippen molar-refractivity contribution >= 4 is 5.91 Å². The van der Waals surface area contributed by atoms with E-state index in [0.29, 0.717) is 19.6 Å². The second-order valence-corrected chi connectivity index (χ2v) is 5.17. The Balaban J connectivity index is 1.58. The Morgan fingerprint density at radius 2 is 1.83 bits per heavy atom. The summed E-state index contributed by atoms with van der Waals surface area (Å²) in [6.45, 7) is 5.75. The molecular formula is C13H24N2O3. The zero-order valence-electron chi connectivity index (χ0n) is 11.0. The fourth-order valence-electron chi connectivity index (χ4n) is 2.57. The number of rotatable bonds is 4. The van der Waals surface area contributed by atoms with E-state index in [2.05, 4.69) is 4.90 Å². The van der Waals surface area contributed by atoms with Crippen LogP contribution in [0.1, 0.15) is 25.7 Å². The molecule has 2 aliphatic rings. The summed E-state index contributed by atoms with van der Waals surface area (Å²) in [5, 5.41) is 9.41. The minimum atomic E-state index is -0.115. The van der Waals surface area contributed by atoms with E-state index in [9.17, 15) is 9.90 Å². The number of aliphatic hydroxyl groups is 1. The zero-order valence-corrected chi connectivity index (χ0v) is 11.0. The summed E-state index contributed by atoms with van der Waals surface area (Å²) in [6, 6.07) is 0. The van der Waals surface area contributed by atoms with Gasteiger partial charge in [0.2, 0.25) is 5.91 Å². The van der Waals surface area contributed by atoms with Crippen LogP contribution in [0.4, 0.5) is 0 Å². The van der Waals surface area contributed by atoms with E-state index < -0.39 is 0 Å². The summed E-state index contributed by atoms with van der Waals surface area (Å²) < 4.78 is 5.23. The highest BCUT2D eigenvalue weighted by molar-refractivity contribution is 5.76. The van der Waals surface area contributed by atoms with Gasteiger partial charge in [-0.05, 0) is 25.8 Å². The van der Waals surface area contributed by atoms with Gasteiger partial charge >= 0.3 is 0 Å². The van der Waals surface area contributed by atoms with Crippen LogP contribution in [-0.4, -0.2) is 72.9 Å². The average Bonchev–Trinajstić information content (AvgIpc) is 2.42. The Morgan fingerprint density at radius 3 is 2.50 bits per heavy atom. The molecule has 2 saturated heterocycles. The monoisotopic (exact) mass is 256 g/mol. The van der Waals surface area contributed by atoms with Crippen molar-refractivity contribution in [2.75, 3.05) is 45.9 Å². The maximum Gasteiger partial charge on any atom is 0.222 e. The van der Waals surface area contributed by atoms with Crippen molar-refractivity contribution in [3.63, 3.8) is 0 Å². The average molecular weight is 256 g/mol. The topological polar surface area (TPSA) is 53.0 Å². The molecule has 0 radical (unpaired) electrons. The quantitative estimate of drug-likeness (QED) is 0.774. The lowest BCUT2D eigenvalue weighted by molar-refractivity contribution is -0.135. The number of carbonyl (C=O) groups excluding carboxylic acids is 1. The molecule has 2 rings (SSSR count). The van der Waals surface area contributed by atoms with E-state index >= 15 is 0 Å². The van der Waals surface area contributed by atoms with Crippen molar-refractivity contribution in [1.29, 1.82) is 0 Å². The lowest BCUT2D eigenvalue weighted by Crippen LogP contribution is -2.41. The molecular weight excluding hydrogens is 232 g/mol. The number of morpholine rings is 1. The summed E-state index contributed by atoms with van der Waals surface area (Å²) in [7, 11) is 0. The second kappa shape index (κ2) is 7.07. The summed E-state index contributed by atoms with van der Waals surface area (Å²) in [5.41, 5.74) is 0. The Hall–Kier alpha value is -0.650. The number of piperidine rings is 1. The van der Waals surface area contributed by atoms with Gasteiger partial charge in [0.05, 0.1) is 19.3 Å². The van der Waals surface area contributed by atoms with Crippen molar-refractivity contribution in [1.82, 2.24) is 9.80 Å². The van der Waals surface area contributed by atoms with Crippen LogP contribution in [0, 0.1) is 0 Å². The van der Waals surface area contributed by atoms with Crippen molar-refractivity contribution in [3.8, 4) is 0 Å². The van der Waals surface area contributed by atoms with E-state index in [1.54, 1.807) is 0 Å². The maximum absolute atomic E-state index is 11.9. The van der Waals surface area contributed by atoms with E-state index in [-0.39, 0.29) is 12.0 Å². The fraction of sp³-hybridized carbons (Fsp3) is 0.923. The first-order valence-corrected chi connectivity index (χ1v) is 7.01. The number of carbonyl (C=O) groups is 1. The number of nitrogens with zero attached hydrogens (tertiary/aromatic N) is 2. The van der Waals surface area contributed by atoms with Gasteiger partial charge in [0.1, 0.15) is 0 Å². The predicted octanol–water partition coefficient (Wildman–Crippen LogP) is 0.0821. The van der Waals surface area contributed by atoms with E-state index in [1.165, 1.54) is 0 Å². The van der Waals surface area contributed by atoms with Gasteiger partial charge < -0.3 is 19.6 Å². The van der Waals surface area contributed by atoms with Gasteiger partial charge in [-0.15, -0.1) is 0 Å². The Bertz CT molecular complexity index is 259. The highest BCUT2D eigenvalue weighted by Crippen LogP contribution is 2.11. The third kappa shape index (κ3) is 4.23. The molecule has 0 unspecified atom stereocenters. The van der Waals surface area contributed by atoms with Crippen LogP contribution in [0.25, 0.3) is 0 Å². The first kappa shape index (κ1) is 13.8. The Labute approximate surface area is 109 Å². The SMILES string of the molecule is O=C(CCCN1CCC(O)CC1)N1CCOCC1. The van der Waals surface area contributed by atoms with E-state index in [4.69, 9.17) is 4.74 Å². The van der Waals surface area contributed by atoms with Gasteiger partial charge in [0, 0.05) is 32.6 Å². The minimum Gasteiger partial charge on any atom is -0.393 e. The largest absolute Gasteiger partial charge is 0.393 e. The molecule has 0 aliphatic carbocycles. The lowest BCUT2D eigenvalue weighted by Gasteiger charge is -2.30. The van der Waals surface area contributed by atoms with Crippen molar-refractivity contribution in [3.05, 3.63) is 0 Å². The summed E-state index contributed by atoms with van der Waals surface area (Å²) in [6.07, 6.45) is 3.19. The van der Waals surface area contributed by atoms with Crippen molar-refractivity contribution in [2.24, 2.45) is 0 Å². The molecule has 1 N–H and O–H groups in total. The Morgan fingerprint density at radius 1 is 1.17 bits per heavy atom. The van der Waals surface area contributed by atoms with Crippen LogP contribution in [-0.2, 0) is 9.53 Å². The van der Waals surface area contributed by atoms with Gasteiger partial charge in [-0.2, -0.15) is 0 Å². The number of hydrogen-bond donors (Lipinski definition) is 1. The van der Waals surface area contributed by atoms with Gasteiger partial charge in [0.15, 0.2) is 0 Å². The van der Waals surface area contributed by atoms with Crippen LogP contribution in [0.2, 0.25) is 0 Å². The molecule has 2 heterocycles. The van der Waals surface area contributed by atoms with Crippen molar-refractivity contribution < 1.29 is 14.6 Å². The molecule has 5 nitrogen and oxygen atoms in total.